The van der Waals surface area contributed by atoms with Crippen molar-refractivity contribution < 1.29 is 4.79 Å². The molecule has 0 aliphatic carbocycles. The molecule has 0 aromatic rings. The van der Waals surface area contributed by atoms with Gasteiger partial charge in [0.05, 0.1) is 5.41 Å². The van der Waals surface area contributed by atoms with Gasteiger partial charge in [0.1, 0.15) is 0 Å². The summed E-state index contributed by atoms with van der Waals surface area (Å²) < 4.78 is 0. The van der Waals surface area contributed by atoms with E-state index in [1.54, 1.807) is 0 Å². The lowest BCUT2D eigenvalue weighted by Crippen LogP contribution is -2.47. The van der Waals surface area contributed by atoms with Gasteiger partial charge >= 0.3 is 0 Å². The summed E-state index contributed by atoms with van der Waals surface area (Å²) in [5.41, 5.74) is 5.34. The highest BCUT2D eigenvalue weighted by molar-refractivity contribution is 5.82. The number of nitrogens with two attached hydrogens (primary N) is 1. The van der Waals surface area contributed by atoms with Gasteiger partial charge in [-0.05, 0) is 26.2 Å². The minimum Gasteiger partial charge on any atom is -0.342 e. The molecule has 96 valence electrons. The van der Waals surface area contributed by atoms with E-state index >= 15 is 0 Å². The Bertz CT molecular complexity index is 212. The Morgan fingerprint density at radius 3 is 2.25 bits per heavy atom. The highest BCUT2D eigenvalue weighted by Crippen LogP contribution is 2.23. The maximum Gasteiger partial charge on any atom is 0.229 e. The molecule has 16 heavy (non-hydrogen) atoms. The second-order valence-electron chi connectivity index (χ2n) is 4.98. The van der Waals surface area contributed by atoms with Gasteiger partial charge < -0.3 is 10.6 Å². The van der Waals surface area contributed by atoms with Crippen molar-refractivity contribution in [3.63, 3.8) is 0 Å². The quantitative estimate of drug-likeness (QED) is 0.726. The number of hydrogen-bond acceptors (Lipinski definition) is 2. The van der Waals surface area contributed by atoms with Crippen LogP contribution in [-0.4, -0.2) is 30.4 Å². The van der Waals surface area contributed by atoms with Crippen LogP contribution in [0.1, 0.15) is 47.5 Å². The van der Waals surface area contributed by atoms with Gasteiger partial charge in [-0.25, -0.2) is 0 Å². The molecule has 0 aromatic heterocycles. The standard InChI is InChI=1S/C13H28N2O/c1-6-11(4)9-15(8-3)12(16)13(5,7-2)10-14/h11H,6-10,14H2,1-5H3. The van der Waals surface area contributed by atoms with E-state index in [0.717, 1.165) is 25.9 Å². The minimum atomic E-state index is -0.385. The summed E-state index contributed by atoms with van der Waals surface area (Å²) in [6.07, 6.45) is 1.91. The topological polar surface area (TPSA) is 46.3 Å². The lowest BCUT2D eigenvalue weighted by Gasteiger charge is -2.33. The third-order valence-electron chi connectivity index (χ3n) is 3.65. The maximum absolute atomic E-state index is 12.4. The first-order valence-corrected chi connectivity index (χ1v) is 6.44. The van der Waals surface area contributed by atoms with Gasteiger partial charge in [0.2, 0.25) is 5.91 Å². The Morgan fingerprint density at radius 1 is 1.38 bits per heavy atom. The largest absolute Gasteiger partial charge is 0.342 e. The van der Waals surface area contributed by atoms with Crippen molar-refractivity contribution in [1.29, 1.82) is 0 Å². The molecule has 0 radical (unpaired) electrons. The third-order valence-corrected chi connectivity index (χ3v) is 3.65. The average molecular weight is 228 g/mol. The number of rotatable bonds is 7. The molecule has 0 fully saturated rings. The molecule has 2 N–H and O–H groups in total. The summed E-state index contributed by atoms with van der Waals surface area (Å²) in [6.45, 7) is 12.4. The first-order chi connectivity index (χ1) is 7.45. The first kappa shape index (κ1) is 15.4. The normalized spacial score (nSPS) is 16.6. The SMILES string of the molecule is CCC(C)CN(CC)C(=O)C(C)(CC)CN. The molecule has 0 saturated heterocycles. The minimum absolute atomic E-state index is 0.209. The van der Waals surface area contributed by atoms with Crippen molar-refractivity contribution in [2.45, 2.75) is 47.5 Å². The summed E-state index contributed by atoms with van der Waals surface area (Å²) >= 11 is 0. The highest BCUT2D eigenvalue weighted by Gasteiger charge is 2.33. The van der Waals surface area contributed by atoms with Crippen molar-refractivity contribution in [2.24, 2.45) is 17.1 Å². The lowest BCUT2D eigenvalue weighted by atomic mass is 9.85. The van der Waals surface area contributed by atoms with Crippen LogP contribution in [0.3, 0.4) is 0 Å². The van der Waals surface area contributed by atoms with Crippen LogP contribution in [0.4, 0.5) is 0 Å². The van der Waals surface area contributed by atoms with Gasteiger partial charge in [-0.15, -0.1) is 0 Å². The number of carbonyl (C=O) groups excluding carboxylic acids is 1. The predicted octanol–water partition coefficient (Wildman–Crippen LogP) is 2.26. The van der Waals surface area contributed by atoms with Crippen LogP contribution in [0, 0.1) is 11.3 Å². The van der Waals surface area contributed by atoms with Crippen LogP contribution >= 0.6 is 0 Å². The molecule has 3 heteroatoms. The number of carbonyl (C=O) groups is 1. The fourth-order valence-corrected chi connectivity index (χ4v) is 1.63. The van der Waals surface area contributed by atoms with Crippen LogP contribution in [0.5, 0.6) is 0 Å². The summed E-state index contributed by atoms with van der Waals surface area (Å²) in [5, 5.41) is 0. The average Bonchev–Trinajstić information content (AvgIpc) is 2.33. The maximum atomic E-state index is 12.4. The zero-order valence-electron chi connectivity index (χ0n) is 11.5. The zero-order chi connectivity index (χ0) is 12.8. The lowest BCUT2D eigenvalue weighted by molar-refractivity contribution is -0.141. The van der Waals surface area contributed by atoms with E-state index in [1.165, 1.54) is 0 Å². The Labute approximate surface area is 100 Å². The van der Waals surface area contributed by atoms with Crippen molar-refractivity contribution >= 4 is 5.91 Å². The molecule has 0 heterocycles. The van der Waals surface area contributed by atoms with Gasteiger partial charge in [0.25, 0.3) is 0 Å². The fourth-order valence-electron chi connectivity index (χ4n) is 1.63. The molecular weight excluding hydrogens is 200 g/mol. The Hall–Kier alpha value is -0.570. The van der Waals surface area contributed by atoms with E-state index in [-0.39, 0.29) is 11.3 Å². The second-order valence-corrected chi connectivity index (χ2v) is 4.98. The molecule has 0 bridgehead atoms. The molecule has 0 aromatic carbocycles. The van der Waals surface area contributed by atoms with Crippen LogP contribution in [0.25, 0.3) is 0 Å². The molecule has 1 amide bonds. The van der Waals surface area contributed by atoms with E-state index in [9.17, 15) is 4.79 Å². The third kappa shape index (κ3) is 3.78. The van der Waals surface area contributed by atoms with E-state index in [4.69, 9.17) is 5.73 Å². The van der Waals surface area contributed by atoms with Gasteiger partial charge in [0, 0.05) is 19.6 Å². The Balaban J connectivity index is 4.63. The molecule has 0 spiro atoms. The molecule has 2 unspecified atom stereocenters. The predicted molar refractivity (Wildman–Crippen MR) is 69.2 cm³/mol. The van der Waals surface area contributed by atoms with Crippen LogP contribution < -0.4 is 5.73 Å². The fraction of sp³-hybridized carbons (Fsp3) is 0.923. The molecule has 0 saturated carbocycles. The Kier molecular flexibility index (Phi) is 6.65. The van der Waals surface area contributed by atoms with E-state index in [0.29, 0.717) is 12.5 Å². The summed E-state index contributed by atoms with van der Waals surface area (Å²) in [5.74, 6) is 0.767. The Morgan fingerprint density at radius 2 is 1.94 bits per heavy atom. The first-order valence-electron chi connectivity index (χ1n) is 6.44. The van der Waals surface area contributed by atoms with Crippen molar-refractivity contribution in [3.05, 3.63) is 0 Å². The van der Waals surface area contributed by atoms with E-state index in [2.05, 4.69) is 13.8 Å². The highest BCUT2D eigenvalue weighted by atomic mass is 16.2. The molecular formula is C13H28N2O. The summed E-state index contributed by atoms with van der Waals surface area (Å²) in [6, 6.07) is 0. The van der Waals surface area contributed by atoms with Crippen molar-refractivity contribution in [3.8, 4) is 0 Å². The number of amides is 1. The number of nitrogens with zero attached hydrogens (tertiary/aromatic N) is 1. The smallest absolute Gasteiger partial charge is 0.229 e. The van der Waals surface area contributed by atoms with E-state index < -0.39 is 0 Å². The van der Waals surface area contributed by atoms with Crippen LogP contribution in [0.2, 0.25) is 0 Å². The van der Waals surface area contributed by atoms with Gasteiger partial charge in [-0.2, -0.15) is 0 Å². The second kappa shape index (κ2) is 6.89. The molecule has 0 aliphatic rings. The summed E-state index contributed by atoms with van der Waals surface area (Å²) in [7, 11) is 0. The van der Waals surface area contributed by atoms with Crippen LogP contribution in [-0.2, 0) is 4.79 Å². The molecule has 3 nitrogen and oxygen atoms in total. The zero-order valence-corrected chi connectivity index (χ0v) is 11.5. The van der Waals surface area contributed by atoms with Crippen molar-refractivity contribution in [2.75, 3.05) is 19.6 Å². The number of hydrogen-bond donors (Lipinski definition) is 1. The van der Waals surface area contributed by atoms with Crippen molar-refractivity contribution in [1.82, 2.24) is 4.90 Å². The monoisotopic (exact) mass is 228 g/mol. The van der Waals surface area contributed by atoms with Crippen LogP contribution in [0.15, 0.2) is 0 Å². The molecule has 2 atom stereocenters. The summed E-state index contributed by atoms with van der Waals surface area (Å²) in [4.78, 5) is 14.3. The molecule has 0 rings (SSSR count). The van der Waals surface area contributed by atoms with E-state index in [1.807, 2.05) is 25.7 Å². The van der Waals surface area contributed by atoms with Gasteiger partial charge in [-0.1, -0.05) is 27.2 Å². The molecule has 0 aliphatic heterocycles. The van der Waals surface area contributed by atoms with Gasteiger partial charge in [0.15, 0.2) is 0 Å². The van der Waals surface area contributed by atoms with Gasteiger partial charge in [-0.3, -0.25) is 4.79 Å².